The average Bonchev–Trinajstić information content (AvgIpc) is 2.36. The molecule has 0 fully saturated rings. The van der Waals surface area contributed by atoms with Gasteiger partial charge in [0.2, 0.25) is 10.0 Å². The number of nitrogens with two attached hydrogens (primary N) is 1. The van der Waals surface area contributed by atoms with E-state index in [-0.39, 0.29) is 10.5 Å². The Morgan fingerprint density at radius 2 is 1.52 bits per heavy atom. The second-order valence-electron chi connectivity index (χ2n) is 4.23. The highest BCUT2D eigenvalue weighted by Crippen LogP contribution is 2.38. The molecule has 8 heteroatoms. The maximum absolute atomic E-state index is 13.8. The van der Waals surface area contributed by atoms with E-state index < -0.39 is 33.1 Å². The Labute approximate surface area is 118 Å². The van der Waals surface area contributed by atoms with Gasteiger partial charge in [-0.2, -0.15) is 13.2 Å². The lowest BCUT2D eigenvalue weighted by molar-refractivity contribution is -0.137. The van der Waals surface area contributed by atoms with Gasteiger partial charge in [-0.3, -0.25) is 0 Å². The Morgan fingerprint density at radius 3 is 2.00 bits per heavy atom. The number of benzene rings is 2. The van der Waals surface area contributed by atoms with Crippen LogP contribution in [0.5, 0.6) is 0 Å². The molecule has 3 nitrogen and oxygen atoms in total. The quantitative estimate of drug-likeness (QED) is 0.864. The van der Waals surface area contributed by atoms with Crippen molar-refractivity contribution in [3.63, 3.8) is 0 Å². The van der Waals surface area contributed by atoms with Gasteiger partial charge in [-0.1, -0.05) is 18.2 Å². The third kappa shape index (κ3) is 3.22. The van der Waals surface area contributed by atoms with Gasteiger partial charge >= 0.3 is 6.18 Å². The van der Waals surface area contributed by atoms with Crippen LogP contribution in [-0.4, -0.2) is 8.42 Å². The number of halogens is 4. The molecule has 0 atom stereocenters. The van der Waals surface area contributed by atoms with E-state index in [4.69, 9.17) is 5.14 Å². The van der Waals surface area contributed by atoms with Crippen LogP contribution in [0.2, 0.25) is 0 Å². The third-order valence-electron chi connectivity index (χ3n) is 2.79. The van der Waals surface area contributed by atoms with Gasteiger partial charge in [0.1, 0.15) is 5.82 Å². The second kappa shape index (κ2) is 5.12. The first kappa shape index (κ1) is 15.5. The zero-order valence-corrected chi connectivity index (χ0v) is 11.2. The molecule has 2 aromatic rings. The molecule has 0 unspecified atom stereocenters. The Bertz CT molecular complexity index is 768. The minimum atomic E-state index is -4.73. The first-order chi connectivity index (χ1) is 9.60. The Hall–Kier alpha value is -1.93. The van der Waals surface area contributed by atoms with E-state index in [1.807, 2.05) is 0 Å². The fourth-order valence-corrected chi connectivity index (χ4v) is 2.38. The van der Waals surface area contributed by atoms with E-state index >= 15 is 0 Å². The number of rotatable bonds is 2. The molecule has 2 aromatic carbocycles. The summed E-state index contributed by atoms with van der Waals surface area (Å²) in [6, 6.07) is 6.82. The molecular formula is C13H9F4NO2S. The van der Waals surface area contributed by atoms with Crippen molar-refractivity contribution in [3.8, 4) is 11.1 Å². The predicted octanol–water partition coefficient (Wildman–Crippen LogP) is 3.16. The Morgan fingerprint density at radius 1 is 0.952 bits per heavy atom. The van der Waals surface area contributed by atoms with Gasteiger partial charge in [0, 0.05) is 5.56 Å². The van der Waals surface area contributed by atoms with Crippen molar-refractivity contribution >= 4 is 10.0 Å². The molecule has 2 N–H and O–H groups in total. The first-order valence-corrected chi connectivity index (χ1v) is 7.14. The maximum Gasteiger partial charge on any atom is 0.417 e. The van der Waals surface area contributed by atoms with Crippen LogP contribution in [0.3, 0.4) is 0 Å². The van der Waals surface area contributed by atoms with E-state index in [9.17, 15) is 26.0 Å². The summed E-state index contributed by atoms with van der Waals surface area (Å²) in [5.41, 5.74) is -1.86. The van der Waals surface area contributed by atoms with Gasteiger partial charge in [-0.25, -0.2) is 17.9 Å². The van der Waals surface area contributed by atoms with E-state index in [0.29, 0.717) is 0 Å². The zero-order valence-electron chi connectivity index (χ0n) is 10.4. The minimum absolute atomic E-state index is 0.0900. The monoisotopic (exact) mass is 319 g/mol. The molecule has 0 aliphatic rings. The van der Waals surface area contributed by atoms with Crippen molar-refractivity contribution in [1.82, 2.24) is 0 Å². The van der Waals surface area contributed by atoms with Gasteiger partial charge in [-0.15, -0.1) is 0 Å². The highest BCUT2D eigenvalue weighted by Gasteiger charge is 2.34. The van der Waals surface area contributed by atoms with Crippen molar-refractivity contribution < 1.29 is 26.0 Å². The van der Waals surface area contributed by atoms with Crippen molar-refractivity contribution in [2.45, 2.75) is 11.1 Å². The van der Waals surface area contributed by atoms with Crippen molar-refractivity contribution in [2.24, 2.45) is 5.14 Å². The van der Waals surface area contributed by atoms with Crippen LogP contribution in [0.25, 0.3) is 11.1 Å². The van der Waals surface area contributed by atoms with Crippen molar-refractivity contribution in [3.05, 3.63) is 53.8 Å². The summed E-state index contributed by atoms with van der Waals surface area (Å²) in [4.78, 5) is -0.267. The van der Waals surface area contributed by atoms with E-state index in [1.54, 1.807) is 0 Å². The molecule has 0 aromatic heterocycles. The second-order valence-corrected chi connectivity index (χ2v) is 5.79. The molecule has 0 aliphatic carbocycles. The molecule has 112 valence electrons. The summed E-state index contributed by atoms with van der Waals surface area (Å²) >= 11 is 0. The third-order valence-corrected chi connectivity index (χ3v) is 3.72. The minimum Gasteiger partial charge on any atom is -0.225 e. The Balaban J connectivity index is 2.63. The zero-order chi connectivity index (χ0) is 15.8. The normalized spacial score (nSPS) is 12.4. The summed E-state index contributed by atoms with van der Waals surface area (Å²) in [7, 11) is -3.97. The van der Waals surface area contributed by atoms with Gasteiger partial charge < -0.3 is 0 Å². The molecular weight excluding hydrogens is 310 g/mol. The van der Waals surface area contributed by atoms with Crippen LogP contribution < -0.4 is 5.14 Å². The fourth-order valence-electron chi connectivity index (χ4n) is 1.87. The molecule has 21 heavy (non-hydrogen) atoms. The van der Waals surface area contributed by atoms with Crippen LogP contribution in [0, 0.1) is 5.82 Å². The molecule has 0 spiro atoms. The molecule has 0 heterocycles. The summed E-state index contributed by atoms with van der Waals surface area (Å²) in [5, 5.41) is 4.89. The van der Waals surface area contributed by atoms with E-state index in [0.717, 1.165) is 42.5 Å². The van der Waals surface area contributed by atoms with Crippen LogP contribution in [0.1, 0.15) is 5.56 Å². The first-order valence-electron chi connectivity index (χ1n) is 5.59. The van der Waals surface area contributed by atoms with Gasteiger partial charge in [0.25, 0.3) is 0 Å². The van der Waals surface area contributed by atoms with Crippen LogP contribution in [-0.2, 0) is 16.2 Å². The molecule has 0 saturated carbocycles. The maximum atomic E-state index is 13.8. The number of alkyl halides is 3. The lowest BCUT2D eigenvalue weighted by Gasteiger charge is -2.14. The number of hydrogen-bond donors (Lipinski definition) is 1. The van der Waals surface area contributed by atoms with Crippen LogP contribution in [0.15, 0.2) is 47.4 Å². The summed E-state index contributed by atoms with van der Waals surface area (Å²) < 4.78 is 74.7. The summed E-state index contributed by atoms with van der Waals surface area (Å²) in [6.45, 7) is 0. The average molecular weight is 319 g/mol. The molecule has 0 radical (unpaired) electrons. The number of primary sulfonamides is 1. The predicted molar refractivity (Wildman–Crippen MR) is 68.2 cm³/mol. The fraction of sp³-hybridized carbons (Fsp3) is 0.0769. The molecule has 0 amide bonds. The lowest BCUT2D eigenvalue weighted by Crippen LogP contribution is -2.12. The standard InChI is InChI=1S/C13H9F4NO2S/c14-11-3-1-2-10(13(15,16)17)12(11)8-4-6-9(7-5-8)21(18,19)20/h1-7H,(H2,18,19,20). The van der Waals surface area contributed by atoms with Crippen molar-refractivity contribution in [2.75, 3.05) is 0 Å². The Kier molecular flexibility index (Phi) is 3.77. The smallest absolute Gasteiger partial charge is 0.225 e. The topological polar surface area (TPSA) is 60.2 Å². The largest absolute Gasteiger partial charge is 0.417 e. The van der Waals surface area contributed by atoms with Crippen LogP contribution in [0.4, 0.5) is 17.6 Å². The lowest BCUT2D eigenvalue weighted by atomic mass is 9.99. The van der Waals surface area contributed by atoms with E-state index in [2.05, 4.69) is 0 Å². The molecule has 2 rings (SSSR count). The number of sulfonamides is 1. The highest BCUT2D eigenvalue weighted by atomic mass is 32.2. The van der Waals surface area contributed by atoms with Crippen molar-refractivity contribution in [1.29, 1.82) is 0 Å². The summed E-state index contributed by atoms with van der Waals surface area (Å²) in [6.07, 6.45) is -4.73. The molecule has 0 bridgehead atoms. The highest BCUT2D eigenvalue weighted by molar-refractivity contribution is 7.89. The molecule has 0 aliphatic heterocycles. The van der Waals surface area contributed by atoms with Gasteiger partial charge in [-0.05, 0) is 29.8 Å². The van der Waals surface area contributed by atoms with E-state index in [1.165, 1.54) is 0 Å². The van der Waals surface area contributed by atoms with Gasteiger partial charge in [0.05, 0.1) is 10.5 Å². The SMILES string of the molecule is NS(=O)(=O)c1ccc(-c2c(F)cccc2C(F)(F)F)cc1. The van der Waals surface area contributed by atoms with Crippen LogP contribution >= 0.6 is 0 Å². The summed E-state index contributed by atoms with van der Waals surface area (Å²) in [5.74, 6) is -1.05. The number of hydrogen-bond acceptors (Lipinski definition) is 2. The van der Waals surface area contributed by atoms with Gasteiger partial charge in [0.15, 0.2) is 0 Å². The molecule has 0 saturated heterocycles.